The smallest absolute Gasteiger partial charge is 0.255 e. The second-order valence-electron chi connectivity index (χ2n) is 8.35. The van der Waals surface area contributed by atoms with Crippen LogP contribution in [0.2, 0.25) is 0 Å². The number of aryl methyl sites for hydroxylation is 2. The van der Waals surface area contributed by atoms with Gasteiger partial charge in [0, 0.05) is 56.2 Å². The Morgan fingerprint density at radius 1 is 1.06 bits per heavy atom. The molecule has 1 aliphatic heterocycles. The first-order chi connectivity index (χ1) is 15.3. The normalized spacial score (nSPS) is 12.9. The lowest BCUT2D eigenvalue weighted by Crippen LogP contribution is -2.22. The Labute approximate surface area is 189 Å². The van der Waals surface area contributed by atoms with Crippen LogP contribution in [0, 0.1) is 6.92 Å². The Balaban J connectivity index is 1.58. The second kappa shape index (κ2) is 8.75. The number of aromatic nitrogens is 1. The zero-order chi connectivity index (χ0) is 22.8. The number of carbonyl (C=O) groups is 1. The second-order valence-corrected chi connectivity index (χ2v) is 8.35. The number of hydrogen-bond donors (Lipinski definition) is 2. The molecule has 0 saturated heterocycles. The summed E-state index contributed by atoms with van der Waals surface area (Å²) in [5.41, 5.74) is 7.92. The van der Waals surface area contributed by atoms with Crippen molar-refractivity contribution < 1.29 is 4.79 Å². The van der Waals surface area contributed by atoms with Crippen molar-refractivity contribution in [3.63, 3.8) is 0 Å². The summed E-state index contributed by atoms with van der Waals surface area (Å²) in [6, 6.07) is 15.9. The summed E-state index contributed by atoms with van der Waals surface area (Å²) in [7, 11) is 5.57. The van der Waals surface area contributed by atoms with Crippen LogP contribution in [0.3, 0.4) is 0 Å². The van der Waals surface area contributed by atoms with Gasteiger partial charge in [0.15, 0.2) is 0 Å². The summed E-state index contributed by atoms with van der Waals surface area (Å²) in [5, 5.41) is 6.84. The Hall–Kier alpha value is -3.80. The monoisotopic (exact) mass is 427 g/mol. The Morgan fingerprint density at radius 3 is 2.62 bits per heavy atom. The number of pyridine rings is 1. The van der Waals surface area contributed by atoms with E-state index in [4.69, 9.17) is 0 Å². The molecular weight excluding hydrogens is 398 g/mol. The summed E-state index contributed by atoms with van der Waals surface area (Å²) in [6.45, 7) is 6.13. The van der Waals surface area contributed by atoms with E-state index >= 15 is 0 Å². The Bertz CT molecular complexity index is 1180. The average molecular weight is 428 g/mol. The van der Waals surface area contributed by atoms with Crippen LogP contribution in [0.25, 0.3) is 0 Å². The average Bonchev–Trinajstić information content (AvgIpc) is 2.78. The van der Waals surface area contributed by atoms with Crippen LogP contribution in [0.1, 0.15) is 27.9 Å². The number of rotatable bonds is 5. The van der Waals surface area contributed by atoms with Gasteiger partial charge in [-0.25, -0.2) is 4.98 Å². The van der Waals surface area contributed by atoms with Crippen molar-refractivity contribution in [3.05, 3.63) is 83.7 Å². The van der Waals surface area contributed by atoms with Gasteiger partial charge >= 0.3 is 0 Å². The molecule has 0 spiro atoms. The molecule has 164 valence electrons. The van der Waals surface area contributed by atoms with E-state index in [9.17, 15) is 4.79 Å². The van der Waals surface area contributed by atoms with Gasteiger partial charge in [0.1, 0.15) is 5.82 Å². The van der Waals surface area contributed by atoms with Crippen molar-refractivity contribution in [1.29, 1.82) is 0 Å². The molecule has 1 aliphatic rings. The lowest BCUT2D eigenvalue weighted by molar-refractivity contribution is 0.0828. The summed E-state index contributed by atoms with van der Waals surface area (Å²) in [5.74, 6) is 0.697. The van der Waals surface area contributed by atoms with Gasteiger partial charge in [0.25, 0.3) is 5.91 Å². The van der Waals surface area contributed by atoms with E-state index in [1.54, 1.807) is 19.0 Å². The summed E-state index contributed by atoms with van der Waals surface area (Å²) >= 11 is 0. The number of carbonyl (C=O) groups excluding carboxylic acids is 1. The third-order valence-electron chi connectivity index (χ3n) is 5.81. The van der Waals surface area contributed by atoms with E-state index in [1.807, 2.05) is 43.5 Å². The van der Waals surface area contributed by atoms with Crippen LogP contribution in [0.15, 0.2) is 67.0 Å². The highest BCUT2D eigenvalue weighted by atomic mass is 16.2. The minimum absolute atomic E-state index is 0.0418. The van der Waals surface area contributed by atoms with Gasteiger partial charge in [0.05, 0.1) is 11.3 Å². The summed E-state index contributed by atoms with van der Waals surface area (Å²) < 4.78 is 0. The number of fused-ring (bicyclic) bond motifs is 1. The van der Waals surface area contributed by atoms with Crippen LogP contribution >= 0.6 is 0 Å². The van der Waals surface area contributed by atoms with Gasteiger partial charge in [0.2, 0.25) is 0 Å². The highest BCUT2D eigenvalue weighted by Crippen LogP contribution is 2.34. The van der Waals surface area contributed by atoms with Crippen LogP contribution in [-0.2, 0) is 6.42 Å². The quantitative estimate of drug-likeness (QED) is 0.565. The molecule has 0 unspecified atom stereocenters. The van der Waals surface area contributed by atoms with E-state index in [1.165, 1.54) is 11.3 Å². The molecule has 1 amide bonds. The van der Waals surface area contributed by atoms with E-state index in [2.05, 4.69) is 52.3 Å². The minimum atomic E-state index is -0.0418. The molecular formula is C26H29N5O. The van der Waals surface area contributed by atoms with Gasteiger partial charge in [-0.05, 0) is 61.2 Å². The molecule has 0 atom stereocenters. The maximum Gasteiger partial charge on any atom is 0.255 e. The van der Waals surface area contributed by atoms with E-state index < -0.39 is 0 Å². The summed E-state index contributed by atoms with van der Waals surface area (Å²) in [4.78, 5) is 20.8. The highest BCUT2D eigenvalue weighted by molar-refractivity contribution is 6.00. The minimum Gasteiger partial charge on any atom is -0.355 e. The fourth-order valence-electron chi connectivity index (χ4n) is 3.85. The molecule has 2 N–H and O–H groups in total. The molecule has 2 aromatic carbocycles. The SMILES string of the molecule is C=C1CCc2cc(Nc3cc(Nc4ccccc4C(=O)N(C)C)c(C)cn3)ccc2N1C. The number of para-hydroxylation sites is 1. The molecule has 6 heteroatoms. The van der Waals surface area contributed by atoms with Crippen molar-refractivity contribution >= 4 is 34.5 Å². The molecule has 0 fully saturated rings. The van der Waals surface area contributed by atoms with Crippen molar-refractivity contribution in [1.82, 2.24) is 9.88 Å². The van der Waals surface area contributed by atoms with Gasteiger partial charge in [-0.3, -0.25) is 4.79 Å². The van der Waals surface area contributed by atoms with Gasteiger partial charge < -0.3 is 20.4 Å². The molecule has 3 aromatic rings. The number of benzene rings is 2. The maximum absolute atomic E-state index is 12.6. The third-order valence-corrected chi connectivity index (χ3v) is 5.81. The number of nitrogens with one attached hydrogen (secondary N) is 2. The van der Waals surface area contributed by atoms with Gasteiger partial charge in [-0.15, -0.1) is 0 Å². The first kappa shape index (κ1) is 21.4. The highest BCUT2D eigenvalue weighted by Gasteiger charge is 2.17. The third kappa shape index (κ3) is 4.30. The molecule has 0 radical (unpaired) electrons. The van der Waals surface area contributed by atoms with E-state index in [-0.39, 0.29) is 5.91 Å². The van der Waals surface area contributed by atoms with Gasteiger partial charge in [-0.2, -0.15) is 0 Å². The number of amides is 1. The fourth-order valence-corrected chi connectivity index (χ4v) is 3.85. The number of nitrogens with zero attached hydrogens (tertiary/aromatic N) is 3. The van der Waals surface area contributed by atoms with Gasteiger partial charge in [-0.1, -0.05) is 18.7 Å². The van der Waals surface area contributed by atoms with Crippen molar-refractivity contribution in [3.8, 4) is 0 Å². The van der Waals surface area contributed by atoms with Crippen LogP contribution < -0.4 is 15.5 Å². The zero-order valence-corrected chi connectivity index (χ0v) is 19.1. The topological polar surface area (TPSA) is 60.5 Å². The zero-order valence-electron chi connectivity index (χ0n) is 19.1. The van der Waals surface area contributed by atoms with Crippen LogP contribution in [-0.4, -0.2) is 36.9 Å². The van der Waals surface area contributed by atoms with Crippen molar-refractivity contribution in [2.45, 2.75) is 19.8 Å². The van der Waals surface area contributed by atoms with E-state index in [0.29, 0.717) is 5.56 Å². The largest absolute Gasteiger partial charge is 0.355 e. The Morgan fingerprint density at radius 2 is 1.84 bits per heavy atom. The predicted molar refractivity (Wildman–Crippen MR) is 132 cm³/mol. The molecule has 4 rings (SSSR count). The van der Waals surface area contributed by atoms with E-state index in [0.717, 1.165) is 47.0 Å². The van der Waals surface area contributed by atoms with Crippen LogP contribution in [0.4, 0.5) is 28.6 Å². The first-order valence-corrected chi connectivity index (χ1v) is 10.7. The number of allylic oxidation sites excluding steroid dienone is 1. The number of hydrogen-bond acceptors (Lipinski definition) is 5. The standard InChI is InChI=1S/C26H29N5O/c1-17-16-27-25(28-20-12-13-24-19(14-20)11-10-18(2)31(24)5)15-23(17)29-22-9-7-6-8-21(22)26(32)30(3)4/h6-9,12-16H,2,10-11H2,1,3-5H3,(H2,27,28,29). The lowest BCUT2D eigenvalue weighted by Gasteiger charge is -2.30. The summed E-state index contributed by atoms with van der Waals surface area (Å²) in [6.07, 6.45) is 3.78. The molecule has 0 bridgehead atoms. The molecule has 1 aromatic heterocycles. The molecule has 0 saturated carbocycles. The molecule has 32 heavy (non-hydrogen) atoms. The first-order valence-electron chi connectivity index (χ1n) is 10.7. The lowest BCUT2D eigenvalue weighted by atomic mass is 9.99. The fraction of sp³-hybridized carbons (Fsp3) is 0.231. The van der Waals surface area contributed by atoms with Crippen molar-refractivity contribution in [2.24, 2.45) is 0 Å². The Kier molecular flexibility index (Phi) is 5.86. The molecule has 2 heterocycles. The van der Waals surface area contributed by atoms with Crippen LogP contribution in [0.5, 0.6) is 0 Å². The maximum atomic E-state index is 12.6. The number of anilines is 5. The molecule has 6 nitrogen and oxygen atoms in total. The molecule has 0 aliphatic carbocycles. The van der Waals surface area contributed by atoms with Crippen molar-refractivity contribution in [2.75, 3.05) is 36.7 Å². The predicted octanol–water partition coefficient (Wildman–Crippen LogP) is 5.48.